The van der Waals surface area contributed by atoms with E-state index >= 15 is 0 Å². The van der Waals surface area contributed by atoms with Crippen LogP contribution in [0.1, 0.15) is 0 Å². The van der Waals surface area contributed by atoms with Crippen LogP contribution in [0.4, 0.5) is 11.4 Å². The van der Waals surface area contributed by atoms with Gasteiger partial charge in [0.2, 0.25) is 11.7 Å². The van der Waals surface area contributed by atoms with Gasteiger partial charge in [-0.2, -0.15) is 0 Å². The number of hydrogen-bond acceptors (Lipinski definition) is 6. The molecule has 0 bridgehead atoms. The lowest BCUT2D eigenvalue weighted by Crippen LogP contribution is -2.21. The minimum Gasteiger partial charge on any atom is -0.497 e. The van der Waals surface area contributed by atoms with E-state index in [1.54, 1.807) is 19.2 Å². The standard InChI is InChI=1S/C18H22N2O5/c1-22-14-7-5-6-12(8-14)19-11-17(21)20-13-9-15(23-2)18(25-4)16(10-13)24-3/h5-10,19H,11H2,1-4H3,(H,20,21). The van der Waals surface area contributed by atoms with Crippen LogP contribution in [0, 0.1) is 0 Å². The average molecular weight is 346 g/mol. The summed E-state index contributed by atoms with van der Waals surface area (Å²) < 4.78 is 20.9. The molecule has 0 unspecified atom stereocenters. The molecule has 2 aromatic carbocycles. The molecule has 0 atom stereocenters. The first-order valence-corrected chi connectivity index (χ1v) is 7.59. The molecule has 1 amide bonds. The van der Waals surface area contributed by atoms with E-state index in [2.05, 4.69) is 10.6 Å². The Morgan fingerprint density at radius 3 is 2.12 bits per heavy atom. The summed E-state index contributed by atoms with van der Waals surface area (Å²) in [4.78, 5) is 12.2. The van der Waals surface area contributed by atoms with E-state index in [9.17, 15) is 4.79 Å². The van der Waals surface area contributed by atoms with Gasteiger partial charge in [0.1, 0.15) is 5.75 Å². The fraction of sp³-hybridized carbons (Fsp3) is 0.278. The van der Waals surface area contributed by atoms with Crippen molar-refractivity contribution in [1.29, 1.82) is 0 Å². The summed E-state index contributed by atoms with van der Waals surface area (Å²) in [5, 5.41) is 5.83. The molecule has 0 aliphatic carbocycles. The van der Waals surface area contributed by atoms with Crippen molar-refractivity contribution in [2.24, 2.45) is 0 Å². The number of anilines is 2. The first-order chi connectivity index (χ1) is 12.1. The van der Waals surface area contributed by atoms with Gasteiger partial charge in [-0.25, -0.2) is 0 Å². The molecule has 25 heavy (non-hydrogen) atoms. The van der Waals surface area contributed by atoms with Crippen molar-refractivity contribution in [3.8, 4) is 23.0 Å². The van der Waals surface area contributed by atoms with Crippen molar-refractivity contribution in [1.82, 2.24) is 0 Å². The maximum Gasteiger partial charge on any atom is 0.243 e. The second kappa shape index (κ2) is 8.68. The van der Waals surface area contributed by atoms with E-state index in [4.69, 9.17) is 18.9 Å². The molecule has 7 nitrogen and oxygen atoms in total. The monoisotopic (exact) mass is 346 g/mol. The lowest BCUT2D eigenvalue weighted by atomic mass is 10.2. The Morgan fingerprint density at radius 1 is 0.880 bits per heavy atom. The van der Waals surface area contributed by atoms with Crippen LogP contribution in [0.15, 0.2) is 36.4 Å². The third kappa shape index (κ3) is 4.69. The molecule has 0 aliphatic heterocycles. The van der Waals surface area contributed by atoms with Crippen LogP contribution >= 0.6 is 0 Å². The summed E-state index contributed by atoms with van der Waals surface area (Å²) in [5.41, 5.74) is 1.34. The molecule has 0 aliphatic rings. The quantitative estimate of drug-likeness (QED) is 0.765. The van der Waals surface area contributed by atoms with E-state index in [0.717, 1.165) is 11.4 Å². The highest BCUT2D eigenvalue weighted by molar-refractivity contribution is 5.94. The summed E-state index contributed by atoms with van der Waals surface area (Å²) in [5.74, 6) is 1.92. The molecule has 2 N–H and O–H groups in total. The van der Waals surface area contributed by atoms with E-state index in [1.165, 1.54) is 21.3 Å². The van der Waals surface area contributed by atoms with Crippen molar-refractivity contribution in [3.05, 3.63) is 36.4 Å². The molecule has 2 aromatic rings. The van der Waals surface area contributed by atoms with Crippen molar-refractivity contribution >= 4 is 17.3 Å². The van der Waals surface area contributed by atoms with Gasteiger partial charge >= 0.3 is 0 Å². The number of ether oxygens (including phenoxy) is 4. The lowest BCUT2D eigenvalue weighted by molar-refractivity contribution is -0.114. The van der Waals surface area contributed by atoms with Gasteiger partial charge < -0.3 is 29.6 Å². The molecule has 0 heterocycles. The van der Waals surface area contributed by atoms with E-state index in [-0.39, 0.29) is 12.5 Å². The Labute approximate surface area is 146 Å². The number of carbonyl (C=O) groups excluding carboxylic acids is 1. The maximum absolute atomic E-state index is 12.2. The fourth-order valence-electron chi connectivity index (χ4n) is 2.27. The normalized spacial score (nSPS) is 9.92. The molecule has 7 heteroatoms. The SMILES string of the molecule is COc1cccc(NCC(=O)Nc2cc(OC)c(OC)c(OC)c2)c1. The molecular formula is C18H22N2O5. The van der Waals surface area contributed by atoms with Gasteiger partial charge in [0, 0.05) is 29.6 Å². The van der Waals surface area contributed by atoms with Gasteiger partial charge in [-0.1, -0.05) is 6.07 Å². The van der Waals surface area contributed by atoms with Gasteiger partial charge in [0.15, 0.2) is 11.5 Å². The molecule has 2 rings (SSSR count). The number of amides is 1. The number of nitrogens with one attached hydrogen (secondary N) is 2. The summed E-state index contributed by atoms with van der Waals surface area (Å²) >= 11 is 0. The van der Waals surface area contributed by atoms with Crippen LogP contribution in [0.2, 0.25) is 0 Å². The Hall–Kier alpha value is -3.09. The van der Waals surface area contributed by atoms with Gasteiger partial charge in [0.25, 0.3) is 0 Å². The van der Waals surface area contributed by atoms with Crippen molar-refractivity contribution < 1.29 is 23.7 Å². The maximum atomic E-state index is 12.2. The zero-order valence-corrected chi connectivity index (χ0v) is 14.7. The first-order valence-electron chi connectivity index (χ1n) is 7.59. The van der Waals surface area contributed by atoms with Gasteiger partial charge in [-0.3, -0.25) is 4.79 Å². The second-order valence-corrected chi connectivity index (χ2v) is 5.05. The predicted molar refractivity (Wildman–Crippen MR) is 96.2 cm³/mol. The van der Waals surface area contributed by atoms with E-state index in [0.29, 0.717) is 22.9 Å². The number of rotatable bonds is 8. The first kappa shape index (κ1) is 18.3. The zero-order valence-electron chi connectivity index (χ0n) is 14.7. The Balaban J connectivity index is 2.04. The zero-order chi connectivity index (χ0) is 18.2. The molecule has 0 radical (unpaired) electrons. The fourth-order valence-corrected chi connectivity index (χ4v) is 2.27. The molecule has 0 saturated heterocycles. The van der Waals surface area contributed by atoms with E-state index < -0.39 is 0 Å². The predicted octanol–water partition coefficient (Wildman–Crippen LogP) is 2.77. The van der Waals surface area contributed by atoms with Crippen LogP contribution in [0.3, 0.4) is 0 Å². The number of methoxy groups -OCH3 is 4. The van der Waals surface area contributed by atoms with E-state index in [1.807, 2.05) is 24.3 Å². The average Bonchev–Trinajstić information content (AvgIpc) is 2.65. The molecule has 0 aromatic heterocycles. The Kier molecular flexibility index (Phi) is 6.33. The largest absolute Gasteiger partial charge is 0.497 e. The van der Waals surface area contributed by atoms with Crippen LogP contribution in [0.5, 0.6) is 23.0 Å². The van der Waals surface area contributed by atoms with Crippen molar-refractivity contribution in [3.63, 3.8) is 0 Å². The van der Waals surface area contributed by atoms with Gasteiger partial charge in [-0.05, 0) is 12.1 Å². The minimum absolute atomic E-state index is 0.101. The highest BCUT2D eigenvalue weighted by Crippen LogP contribution is 2.39. The molecular weight excluding hydrogens is 324 g/mol. The van der Waals surface area contributed by atoms with Crippen molar-refractivity contribution in [2.75, 3.05) is 45.6 Å². The second-order valence-electron chi connectivity index (χ2n) is 5.05. The van der Waals surface area contributed by atoms with Crippen LogP contribution in [-0.4, -0.2) is 40.9 Å². The van der Waals surface area contributed by atoms with Gasteiger partial charge in [-0.15, -0.1) is 0 Å². The highest BCUT2D eigenvalue weighted by atomic mass is 16.5. The smallest absolute Gasteiger partial charge is 0.243 e. The number of carbonyl (C=O) groups is 1. The third-order valence-electron chi connectivity index (χ3n) is 3.47. The number of benzene rings is 2. The minimum atomic E-state index is -0.211. The lowest BCUT2D eigenvalue weighted by Gasteiger charge is -2.15. The van der Waals surface area contributed by atoms with Gasteiger partial charge in [0.05, 0.1) is 35.0 Å². The topological polar surface area (TPSA) is 78.1 Å². The van der Waals surface area contributed by atoms with Crippen LogP contribution < -0.4 is 29.6 Å². The summed E-state index contributed by atoms with van der Waals surface area (Å²) in [6.45, 7) is 0.101. The summed E-state index contributed by atoms with van der Waals surface area (Å²) in [7, 11) is 6.16. The highest BCUT2D eigenvalue weighted by Gasteiger charge is 2.14. The Morgan fingerprint density at radius 2 is 1.56 bits per heavy atom. The van der Waals surface area contributed by atoms with Crippen LogP contribution in [-0.2, 0) is 4.79 Å². The molecule has 0 spiro atoms. The molecule has 0 saturated carbocycles. The third-order valence-corrected chi connectivity index (χ3v) is 3.47. The Bertz CT molecular complexity index is 708. The summed E-state index contributed by atoms with van der Waals surface area (Å²) in [6.07, 6.45) is 0. The molecule has 0 fully saturated rings. The molecule has 134 valence electrons. The van der Waals surface area contributed by atoms with Crippen molar-refractivity contribution in [2.45, 2.75) is 0 Å². The summed E-state index contributed by atoms with van der Waals surface area (Å²) in [6, 6.07) is 10.7. The number of hydrogen-bond donors (Lipinski definition) is 2. The van der Waals surface area contributed by atoms with Crippen LogP contribution in [0.25, 0.3) is 0 Å².